The lowest BCUT2D eigenvalue weighted by molar-refractivity contribution is -0.145. The highest BCUT2D eigenvalue weighted by Crippen LogP contribution is 2.01. The van der Waals surface area contributed by atoms with Crippen LogP contribution >= 0.6 is 0 Å². The predicted octanol–water partition coefficient (Wildman–Crippen LogP) is 1.71. The first-order chi connectivity index (χ1) is 6.83. The van der Waals surface area contributed by atoms with Crippen LogP contribution in [0.5, 0.6) is 0 Å². The smallest absolute Gasteiger partial charge is 0.306 e. The number of carbonyl (C=O) groups excluding carboxylic acids is 2. The van der Waals surface area contributed by atoms with Gasteiger partial charge < -0.3 is 9.53 Å². The van der Waals surface area contributed by atoms with Crippen LogP contribution in [0.3, 0.4) is 0 Å². The van der Waals surface area contributed by atoms with Crippen molar-refractivity contribution < 1.29 is 14.3 Å². The lowest BCUT2D eigenvalue weighted by Crippen LogP contribution is -2.04. The largest absolute Gasteiger partial charge is 0.461 e. The van der Waals surface area contributed by atoms with E-state index in [4.69, 9.17) is 4.74 Å². The van der Waals surface area contributed by atoms with Crippen LogP contribution in [-0.4, -0.2) is 12.3 Å². The number of carbonyl (C=O) groups is 2. The predicted molar refractivity (Wildman–Crippen MR) is 51.5 cm³/mol. The minimum absolute atomic E-state index is 0.163. The molecule has 0 unspecified atom stereocenters. The molecule has 14 heavy (non-hydrogen) atoms. The van der Waals surface area contributed by atoms with Crippen LogP contribution in [0.2, 0.25) is 0 Å². The Kier molecular flexibility index (Phi) is 4.41. The Labute approximate surface area is 82.7 Å². The maximum absolute atomic E-state index is 11.0. The van der Waals surface area contributed by atoms with Crippen molar-refractivity contribution >= 4 is 12.3 Å². The molecule has 3 heteroatoms. The zero-order chi connectivity index (χ0) is 10.2. The fourth-order valence-electron chi connectivity index (χ4n) is 0.987. The summed E-state index contributed by atoms with van der Waals surface area (Å²) in [5.41, 5.74) is 0.951. The molecule has 0 bridgehead atoms. The van der Waals surface area contributed by atoms with Gasteiger partial charge in [0.25, 0.3) is 0 Å². The van der Waals surface area contributed by atoms with E-state index in [1.54, 1.807) is 0 Å². The Balaban J connectivity index is 2.27. The molecule has 74 valence electrons. The molecule has 1 rings (SSSR count). The Morgan fingerprint density at radius 3 is 2.64 bits per heavy atom. The SMILES string of the molecule is O=CCCC(=O)OCc1ccccc1. The lowest BCUT2D eigenvalue weighted by Gasteiger charge is -2.02. The van der Waals surface area contributed by atoms with E-state index in [1.807, 2.05) is 30.3 Å². The van der Waals surface area contributed by atoms with Gasteiger partial charge in [-0.15, -0.1) is 0 Å². The summed E-state index contributed by atoms with van der Waals surface area (Å²) in [6.45, 7) is 0.276. The van der Waals surface area contributed by atoms with Crippen molar-refractivity contribution in [2.24, 2.45) is 0 Å². The quantitative estimate of drug-likeness (QED) is 0.527. The number of aldehydes is 1. The summed E-state index contributed by atoms with van der Waals surface area (Å²) in [5, 5.41) is 0. The molecular weight excluding hydrogens is 180 g/mol. The minimum Gasteiger partial charge on any atom is -0.461 e. The summed E-state index contributed by atoms with van der Waals surface area (Å²) >= 11 is 0. The third-order valence-corrected chi connectivity index (χ3v) is 1.71. The molecule has 0 aromatic heterocycles. The van der Waals surface area contributed by atoms with Crippen LogP contribution in [0.1, 0.15) is 18.4 Å². The first-order valence-electron chi connectivity index (χ1n) is 4.46. The number of hydrogen-bond acceptors (Lipinski definition) is 3. The van der Waals surface area contributed by atoms with Crippen LogP contribution in [0.25, 0.3) is 0 Å². The average Bonchev–Trinajstić information content (AvgIpc) is 2.25. The van der Waals surface area contributed by atoms with Crippen molar-refractivity contribution in [3.8, 4) is 0 Å². The minimum atomic E-state index is -0.332. The standard InChI is InChI=1S/C11H12O3/c12-8-4-7-11(13)14-9-10-5-2-1-3-6-10/h1-3,5-6,8H,4,7,9H2. The summed E-state index contributed by atoms with van der Waals surface area (Å²) in [7, 11) is 0. The second-order valence-electron chi connectivity index (χ2n) is 2.85. The van der Waals surface area contributed by atoms with Crippen molar-refractivity contribution in [1.82, 2.24) is 0 Å². The molecule has 0 heterocycles. The summed E-state index contributed by atoms with van der Waals surface area (Å²) in [5.74, 6) is -0.332. The molecule has 0 atom stereocenters. The first-order valence-corrected chi connectivity index (χ1v) is 4.46. The van der Waals surface area contributed by atoms with E-state index >= 15 is 0 Å². The molecule has 0 aliphatic heterocycles. The highest BCUT2D eigenvalue weighted by atomic mass is 16.5. The van der Waals surface area contributed by atoms with Crippen LogP contribution in [0.15, 0.2) is 30.3 Å². The fraction of sp³-hybridized carbons (Fsp3) is 0.273. The molecule has 0 saturated heterocycles. The Hall–Kier alpha value is -1.64. The van der Waals surface area contributed by atoms with Gasteiger partial charge in [-0.2, -0.15) is 0 Å². The van der Waals surface area contributed by atoms with Crippen molar-refractivity contribution in [2.75, 3.05) is 0 Å². The van der Waals surface area contributed by atoms with Crippen LogP contribution in [0, 0.1) is 0 Å². The zero-order valence-corrected chi connectivity index (χ0v) is 7.81. The van der Waals surface area contributed by atoms with Gasteiger partial charge in [0.2, 0.25) is 0 Å². The van der Waals surface area contributed by atoms with E-state index < -0.39 is 0 Å². The number of esters is 1. The number of rotatable bonds is 5. The zero-order valence-electron chi connectivity index (χ0n) is 7.81. The molecule has 0 N–H and O–H groups in total. The monoisotopic (exact) mass is 192 g/mol. The normalized spacial score (nSPS) is 9.43. The topological polar surface area (TPSA) is 43.4 Å². The maximum atomic E-state index is 11.0. The fourth-order valence-corrected chi connectivity index (χ4v) is 0.987. The number of benzene rings is 1. The summed E-state index contributed by atoms with van der Waals surface area (Å²) in [6, 6.07) is 9.43. The van der Waals surface area contributed by atoms with Gasteiger partial charge in [0.05, 0.1) is 6.42 Å². The van der Waals surface area contributed by atoms with Crippen LogP contribution < -0.4 is 0 Å². The van der Waals surface area contributed by atoms with Gasteiger partial charge in [-0.05, 0) is 5.56 Å². The van der Waals surface area contributed by atoms with Gasteiger partial charge >= 0.3 is 5.97 Å². The molecule has 0 aliphatic carbocycles. The van der Waals surface area contributed by atoms with Gasteiger partial charge in [0.1, 0.15) is 12.9 Å². The van der Waals surface area contributed by atoms with Gasteiger partial charge in [-0.1, -0.05) is 30.3 Å². The Bertz CT molecular complexity index is 293. The van der Waals surface area contributed by atoms with E-state index in [-0.39, 0.29) is 25.4 Å². The molecule has 1 aromatic rings. The number of hydrogen-bond donors (Lipinski definition) is 0. The molecule has 0 aliphatic rings. The molecule has 1 aromatic carbocycles. The Morgan fingerprint density at radius 1 is 1.29 bits per heavy atom. The van der Waals surface area contributed by atoms with Gasteiger partial charge in [-0.25, -0.2) is 0 Å². The molecule has 0 radical (unpaired) electrons. The lowest BCUT2D eigenvalue weighted by atomic mass is 10.2. The number of ether oxygens (including phenoxy) is 1. The molecule has 0 fully saturated rings. The Morgan fingerprint density at radius 2 is 2.00 bits per heavy atom. The highest BCUT2D eigenvalue weighted by molar-refractivity contribution is 5.72. The van der Waals surface area contributed by atoms with Crippen molar-refractivity contribution in [3.05, 3.63) is 35.9 Å². The highest BCUT2D eigenvalue weighted by Gasteiger charge is 2.01. The van der Waals surface area contributed by atoms with Crippen molar-refractivity contribution in [1.29, 1.82) is 0 Å². The van der Waals surface area contributed by atoms with Crippen molar-refractivity contribution in [3.63, 3.8) is 0 Å². The first kappa shape index (κ1) is 10.4. The van der Waals surface area contributed by atoms with Crippen LogP contribution in [0.4, 0.5) is 0 Å². The average molecular weight is 192 g/mol. The molecule has 0 saturated carbocycles. The van der Waals surface area contributed by atoms with E-state index in [1.165, 1.54) is 0 Å². The third-order valence-electron chi connectivity index (χ3n) is 1.71. The van der Waals surface area contributed by atoms with E-state index in [9.17, 15) is 9.59 Å². The summed E-state index contributed by atoms with van der Waals surface area (Å²) in [4.78, 5) is 21.0. The molecule has 0 spiro atoms. The maximum Gasteiger partial charge on any atom is 0.306 e. The summed E-state index contributed by atoms with van der Waals surface area (Å²) in [6.07, 6.45) is 1.10. The van der Waals surface area contributed by atoms with Gasteiger partial charge in [-0.3, -0.25) is 4.79 Å². The van der Waals surface area contributed by atoms with E-state index in [2.05, 4.69) is 0 Å². The molecule has 0 amide bonds. The van der Waals surface area contributed by atoms with E-state index in [0.29, 0.717) is 6.29 Å². The second kappa shape index (κ2) is 5.91. The van der Waals surface area contributed by atoms with Gasteiger partial charge in [0.15, 0.2) is 0 Å². The second-order valence-corrected chi connectivity index (χ2v) is 2.85. The third kappa shape index (κ3) is 3.85. The van der Waals surface area contributed by atoms with Crippen molar-refractivity contribution in [2.45, 2.75) is 19.4 Å². The van der Waals surface area contributed by atoms with E-state index in [0.717, 1.165) is 5.56 Å². The molecular formula is C11H12O3. The summed E-state index contributed by atoms with van der Waals surface area (Å²) < 4.78 is 4.93. The van der Waals surface area contributed by atoms with Gasteiger partial charge in [0, 0.05) is 6.42 Å². The van der Waals surface area contributed by atoms with Crippen LogP contribution in [-0.2, 0) is 20.9 Å². The molecule has 3 nitrogen and oxygen atoms in total.